The fourth-order valence-electron chi connectivity index (χ4n) is 2.90. The second-order valence-corrected chi connectivity index (χ2v) is 6.91. The third-order valence-electron chi connectivity index (χ3n) is 4.18. The summed E-state index contributed by atoms with van der Waals surface area (Å²) >= 11 is 1.55. The molecule has 0 unspecified atom stereocenters. The van der Waals surface area contributed by atoms with E-state index in [4.69, 9.17) is 9.47 Å². The molecule has 2 aromatic carbocycles. The van der Waals surface area contributed by atoms with Gasteiger partial charge in [0.05, 0.1) is 10.2 Å². The zero-order chi connectivity index (χ0) is 16.2. The second-order valence-electron chi connectivity index (χ2n) is 5.92. The van der Waals surface area contributed by atoms with Crippen molar-refractivity contribution in [3.05, 3.63) is 48.5 Å². The van der Waals surface area contributed by atoms with E-state index in [2.05, 4.69) is 16.0 Å². The number of hydrogen-bond donors (Lipinski definition) is 0. The summed E-state index contributed by atoms with van der Waals surface area (Å²) in [5.41, 5.74) is 0.972. The maximum Gasteiger partial charge on any atom is 0.279 e. The first-order chi connectivity index (χ1) is 11.9. The Balaban J connectivity index is 1.33. The topological polar surface area (TPSA) is 34.6 Å². The van der Waals surface area contributed by atoms with Crippen molar-refractivity contribution >= 4 is 21.6 Å². The molecule has 4 rings (SSSR count). The van der Waals surface area contributed by atoms with E-state index in [1.165, 1.54) is 25.9 Å². The molecular weight excluding hydrogens is 320 g/mol. The van der Waals surface area contributed by atoms with Gasteiger partial charge in [0.2, 0.25) is 0 Å². The first-order valence-electron chi connectivity index (χ1n) is 8.35. The molecule has 0 saturated carbocycles. The van der Waals surface area contributed by atoms with Gasteiger partial charge in [0.15, 0.2) is 0 Å². The summed E-state index contributed by atoms with van der Waals surface area (Å²) in [6, 6.07) is 15.8. The molecule has 0 atom stereocenters. The van der Waals surface area contributed by atoms with Gasteiger partial charge in [-0.1, -0.05) is 23.5 Å². The van der Waals surface area contributed by atoms with Gasteiger partial charge < -0.3 is 9.47 Å². The van der Waals surface area contributed by atoms with E-state index in [0.717, 1.165) is 34.9 Å². The Bertz CT molecular complexity index is 761. The van der Waals surface area contributed by atoms with Crippen LogP contribution in [0.15, 0.2) is 48.5 Å². The number of ether oxygens (including phenoxy) is 2. The molecule has 1 aliphatic heterocycles. The van der Waals surface area contributed by atoms with Crippen molar-refractivity contribution in [2.24, 2.45) is 0 Å². The number of nitrogens with zero attached hydrogens (tertiary/aromatic N) is 2. The maximum absolute atomic E-state index is 5.85. The summed E-state index contributed by atoms with van der Waals surface area (Å²) in [5.74, 6) is 1.66. The zero-order valence-electron chi connectivity index (χ0n) is 13.5. The Morgan fingerprint density at radius 3 is 2.50 bits per heavy atom. The number of rotatable bonds is 6. The molecule has 1 aliphatic rings. The maximum atomic E-state index is 5.85. The second kappa shape index (κ2) is 7.20. The van der Waals surface area contributed by atoms with Crippen molar-refractivity contribution in [2.45, 2.75) is 12.8 Å². The minimum absolute atomic E-state index is 0.666. The van der Waals surface area contributed by atoms with Crippen LogP contribution in [0.1, 0.15) is 12.8 Å². The van der Waals surface area contributed by atoms with Crippen LogP contribution in [0.4, 0.5) is 0 Å². The molecule has 0 radical (unpaired) electrons. The number of aromatic nitrogens is 1. The van der Waals surface area contributed by atoms with Crippen molar-refractivity contribution < 1.29 is 9.47 Å². The van der Waals surface area contributed by atoms with Crippen molar-refractivity contribution in [3.63, 3.8) is 0 Å². The van der Waals surface area contributed by atoms with Crippen LogP contribution in [0.3, 0.4) is 0 Å². The number of hydrogen-bond acceptors (Lipinski definition) is 5. The number of benzene rings is 2. The van der Waals surface area contributed by atoms with Gasteiger partial charge >= 0.3 is 0 Å². The van der Waals surface area contributed by atoms with Gasteiger partial charge in [-0.25, -0.2) is 4.98 Å². The molecule has 1 fully saturated rings. The van der Waals surface area contributed by atoms with E-state index in [1.807, 2.05) is 42.5 Å². The summed E-state index contributed by atoms with van der Waals surface area (Å²) in [7, 11) is 0. The molecule has 0 spiro atoms. The van der Waals surface area contributed by atoms with Gasteiger partial charge in [-0.3, -0.25) is 4.90 Å². The van der Waals surface area contributed by atoms with E-state index in [-0.39, 0.29) is 0 Å². The summed E-state index contributed by atoms with van der Waals surface area (Å²) in [6.07, 6.45) is 2.63. The number of thiazole rings is 1. The van der Waals surface area contributed by atoms with Crippen molar-refractivity contribution in [1.29, 1.82) is 0 Å². The zero-order valence-corrected chi connectivity index (χ0v) is 14.3. The predicted molar refractivity (Wildman–Crippen MR) is 97.3 cm³/mol. The van der Waals surface area contributed by atoms with Crippen LogP contribution in [0, 0.1) is 0 Å². The van der Waals surface area contributed by atoms with E-state index in [1.54, 1.807) is 11.3 Å². The molecule has 0 aliphatic carbocycles. The molecular formula is C19H20N2O2S. The Morgan fingerprint density at radius 2 is 1.71 bits per heavy atom. The molecule has 24 heavy (non-hydrogen) atoms. The third kappa shape index (κ3) is 3.68. The highest BCUT2D eigenvalue weighted by Gasteiger charge is 2.11. The van der Waals surface area contributed by atoms with E-state index < -0.39 is 0 Å². The minimum atomic E-state index is 0.666. The molecule has 0 N–H and O–H groups in total. The smallest absolute Gasteiger partial charge is 0.279 e. The average molecular weight is 340 g/mol. The van der Waals surface area contributed by atoms with Crippen LogP contribution in [0.2, 0.25) is 0 Å². The highest BCUT2D eigenvalue weighted by Crippen LogP contribution is 2.31. The van der Waals surface area contributed by atoms with Crippen molar-refractivity contribution in [3.8, 4) is 16.7 Å². The van der Waals surface area contributed by atoms with Crippen LogP contribution >= 0.6 is 11.3 Å². The lowest BCUT2D eigenvalue weighted by Crippen LogP contribution is -2.25. The largest absolute Gasteiger partial charge is 0.492 e. The lowest BCUT2D eigenvalue weighted by atomic mass is 10.3. The van der Waals surface area contributed by atoms with Gasteiger partial charge in [0, 0.05) is 6.54 Å². The van der Waals surface area contributed by atoms with Gasteiger partial charge in [-0.05, 0) is 62.3 Å². The molecule has 1 saturated heterocycles. The fourth-order valence-corrected chi connectivity index (χ4v) is 3.73. The van der Waals surface area contributed by atoms with Gasteiger partial charge in [0.25, 0.3) is 5.19 Å². The van der Waals surface area contributed by atoms with Gasteiger partial charge in [-0.15, -0.1) is 0 Å². The van der Waals surface area contributed by atoms with Crippen LogP contribution in [-0.2, 0) is 0 Å². The number of para-hydroxylation sites is 1. The molecule has 124 valence electrons. The summed E-state index contributed by atoms with van der Waals surface area (Å²) in [5, 5.41) is 0.666. The Morgan fingerprint density at radius 1 is 0.958 bits per heavy atom. The first kappa shape index (κ1) is 15.4. The summed E-state index contributed by atoms with van der Waals surface area (Å²) in [6.45, 7) is 4.15. The van der Waals surface area contributed by atoms with Crippen LogP contribution < -0.4 is 9.47 Å². The molecule has 0 bridgehead atoms. The highest BCUT2D eigenvalue weighted by atomic mass is 32.1. The molecule has 2 heterocycles. The van der Waals surface area contributed by atoms with Crippen LogP contribution in [0.5, 0.6) is 16.7 Å². The van der Waals surface area contributed by atoms with E-state index >= 15 is 0 Å². The molecule has 1 aromatic heterocycles. The quantitative estimate of drug-likeness (QED) is 0.659. The molecule has 3 aromatic rings. The average Bonchev–Trinajstić information content (AvgIpc) is 3.25. The minimum Gasteiger partial charge on any atom is -0.492 e. The van der Waals surface area contributed by atoms with Crippen LogP contribution in [-0.4, -0.2) is 36.1 Å². The van der Waals surface area contributed by atoms with Gasteiger partial charge in [0.1, 0.15) is 18.1 Å². The fraction of sp³-hybridized carbons (Fsp3) is 0.316. The molecule has 0 amide bonds. The van der Waals surface area contributed by atoms with Crippen LogP contribution in [0.25, 0.3) is 10.2 Å². The Hall–Kier alpha value is -2.11. The first-order valence-corrected chi connectivity index (χ1v) is 9.17. The third-order valence-corrected chi connectivity index (χ3v) is 5.09. The molecule has 5 heteroatoms. The lowest BCUT2D eigenvalue weighted by Gasteiger charge is -2.14. The van der Waals surface area contributed by atoms with Gasteiger partial charge in [-0.2, -0.15) is 0 Å². The highest BCUT2D eigenvalue weighted by molar-refractivity contribution is 7.20. The SMILES string of the molecule is c1ccc2sc(Oc3ccc(OCCN4CCCC4)cc3)nc2c1. The van der Waals surface area contributed by atoms with Crippen molar-refractivity contribution in [1.82, 2.24) is 9.88 Å². The van der Waals surface area contributed by atoms with Crippen molar-refractivity contribution in [2.75, 3.05) is 26.2 Å². The predicted octanol–water partition coefficient (Wildman–Crippen LogP) is 4.56. The Kier molecular flexibility index (Phi) is 4.62. The standard InChI is InChI=1S/C19H20N2O2S/c1-2-6-18-17(5-1)20-19(24-18)23-16-9-7-15(8-10-16)22-14-13-21-11-3-4-12-21/h1-2,5-10H,3-4,11-14H2. The number of likely N-dealkylation sites (tertiary alicyclic amines) is 1. The Labute approximate surface area is 145 Å². The van der Waals surface area contributed by atoms with E-state index in [0.29, 0.717) is 5.19 Å². The lowest BCUT2D eigenvalue weighted by molar-refractivity contribution is 0.237. The monoisotopic (exact) mass is 340 g/mol. The normalized spacial score (nSPS) is 15.0. The summed E-state index contributed by atoms with van der Waals surface area (Å²) < 4.78 is 12.8. The number of fused-ring (bicyclic) bond motifs is 1. The van der Waals surface area contributed by atoms with E-state index in [9.17, 15) is 0 Å². The summed E-state index contributed by atoms with van der Waals surface area (Å²) in [4.78, 5) is 6.93. The molecule has 4 nitrogen and oxygen atoms in total.